The van der Waals surface area contributed by atoms with E-state index in [1.54, 1.807) is 0 Å². The van der Waals surface area contributed by atoms with Crippen LogP contribution in [0.5, 0.6) is 0 Å². The van der Waals surface area contributed by atoms with Gasteiger partial charge in [-0.3, -0.25) is 0 Å². The summed E-state index contributed by atoms with van der Waals surface area (Å²) in [4.78, 5) is 1.41. The Bertz CT molecular complexity index is 347. The molecule has 2 nitrogen and oxygen atoms in total. The fraction of sp³-hybridized carbons (Fsp3) is 0.455. The average Bonchev–Trinajstić information content (AvgIpc) is 2.24. The number of nitrogens with zero attached hydrogens (tertiary/aromatic N) is 1. The van der Waals surface area contributed by atoms with Gasteiger partial charge < -0.3 is 10.6 Å². The Morgan fingerprint density at radius 1 is 1.24 bits per heavy atom. The molecule has 1 unspecified atom stereocenters. The summed E-state index contributed by atoms with van der Waals surface area (Å²) in [6, 6.07) is 5.27. The highest BCUT2D eigenvalue weighted by Gasteiger charge is 2.39. The van der Waals surface area contributed by atoms with E-state index in [0.29, 0.717) is 5.69 Å². The maximum atomic E-state index is 12.6. The molecule has 96 valence electrons. The molecule has 1 aromatic rings. The first-order valence-electron chi connectivity index (χ1n) is 5.08. The predicted molar refractivity (Wildman–Crippen MR) is 58.3 cm³/mol. The van der Waals surface area contributed by atoms with Crippen LogP contribution in [0.25, 0.3) is 0 Å². The van der Waals surface area contributed by atoms with Crippen LogP contribution in [0.2, 0.25) is 0 Å². The van der Waals surface area contributed by atoms with Gasteiger partial charge in [0.05, 0.1) is 5.92 Å². The van der Waals surface area contributed by atoms with Crippen molar-refractivity contribution in [2.45, 2.75) is 6.18 Å². The van der Waals surface area contributed by atoms with Gasteiger partial charge in [-0.1, -0.05) is 0 Å². The van der Waals surface area contributed by atoms with E-state index in [0.717, 1.165) is 0 Å². The largest absolute Gasteiger partial charge is 0.394 e. The van der Waals surface area contributed by atoms with Gasteiger partial charge in [0.15, 0.2) is 0 Å². The van der Waals surface area contributed by atoms with Gasteiger partial charge in [0, 0.05) is 25.8 Å². The molecular weight excluding hydrogens is 236 g/mol. The molecule has 1 atom stereocenters. The maximum Gasteiger partial charge on any atom is 0.394 e. The third kappa shape index (κ3) is 3.89. The summed E-state index contributed by atoms with van der Waals surface area (Å²) < 4.78 is 50.1. The lowest BCUT2D eigenvalue weighted by Gasteiger charge is -2.26. The van der Waals surface area contributed by atoms with Crippen molar-refractivity contribution in [1.29, 1.82) is 0 Å². The van der Waals surface area contributed by atoms with Gasteiger partial charge in [0.25, 0.3) is 0 Å². The monoisotopic (exact) mass is 250 g/mol. The molecule has 0 aliphatic rings. The van der Waals surface area contributed by atoms with E-state index in [1.807, 2.05) is 0 Å². The smallest absolute Gasteiger partial charge is 0.374 e. The molecule has 2 N–H and O–H groups in total. The van der Waals surface area contributed by atoms with Crippen molar-refractivity contribution in [3.8, 4) is 0 Å². The molecule has 17 heavy (non-hydrogen) atoms. The Morgan fingerprint density at radius 2 is 1.76 bits per heavy atom. The number of benzene rings is 1. The summed E-state index contributed by atoms with van der Waals surface area (Å²) in [6.07, 6.45) is -4.32. The number of alkyl halides is 3. The lowest BCUT2D eigenvalue weighted by molar-refractivity contribution is -0.168. The van der Waals surface area contributed by atoms with Crippen LogP contribution in [0.15, 0.2) is 24.3 Å². The molecule has 1 rings (SSSR count). The highest BCUT2D eigenvalue weighted by atomic mass is 19.4. The molecular formula is C11H14F4N2. The second-order valence-corrected chi connectivity index (χ2v) is 3.83. The average molecular weight is 250 g/mol. The molecule has 0 aliphatic carbocycles. The second kappa shape index (κ2) is 5.35. The van der Waals surface area contributed by atoms with E-state index in [9.17, 15) is 17.6 Å². The lowest BCUT2D eigenvalue weighted by atomic mass is 10.1. The van der Waals surface area contributed by atoms with Crippen molar-refractivity contribution in [2.24, 2.45) is 11.7 Å². The molecule has 0 spiro atoms. The fourth-order valence-corrected chi connectivity index (χ4v) is 1.44. The first kappa shape index (κ1) is 13.8. The quantitative estimate of drug-likeness (QED) is 0.831. The number of hydrogen-bond acceptors (Lipinski definition) is 2. The number of nitrogens with two attached hydrogens (primary N) is 1. The van der Waals surface area contributed by atoms with Gasteiger partial charge in [0.2, 0.25) is 0 Å². The molecule has 0 radical (unpaired) electrons. The van der Waals surface area contributed by atoms with E-state index in [2.05, 4.69) is 0 Å². The van der Waals surface area contributed by atoms with Crippen molar-refractivity contribution in [1.82, 2.24) is 0 Å². The van der Waals surface area contributed by atoms with Crippen LogP contribution in [-0.2, 0) is 0 Å². The number of anilines is 1. The van der Waals surface area contributed by atoms with E-state index in [1.165, 1.54) is 36.2 Å². The van der Waals surface area contributed by atoms with Gasteiger partial charge in [0.1, 0.15) is 5.82 Å². The highest BCUT2D eigenvalue weighted by molar-refractivity contribution is 5.45. The summed E-state index contributed by atoms with van der Waals surface area (Å²) in [5.74, 6) is -2.01. The van der Waals surface area contributed by atoms with E-state index in [-0.39, 0.29) is 6.54 Å². The Balaban J connectivity index is 2.71. The fourth-order valence-electron chi connectivity index (χ4n) is 1.44. The van der Waals surface area contributed by atoms with E-state index >= 15 is 0 Å². The minimum absolute atomic E-state index is 0.244. The van der Waals surface area contributed by atoms with Crippen LogP contribution in [0.1, 0.15) is 0 Å². The van der Waals surface area contributed by atoms with Crippen LogP contribution in [0, 0.1) is 11.7 Å². The third-order valence-corrected chi connectivity index (χ3v) is 2.51. The van der Waals surface area contributed by atoms with Crippen LogP contribution in [0.3, 0.4) is 0 Å². The second-order valence-electron chi connectivity index (χ2n) is 3.83. The van der Waals surface area contributed by atoms with Gasteiger partial charge in [-0.2, -0.15) is 13.2 Å². The zero-order valence-corrected chi connectivity index (χ0v) is 9.34. The molecule has 0 saturated heterocycles. The molecule has 1 aromatic carbocycles. The standard InChI is InChI=1S/C11H14F4N2/c1-17(7-8(6-16)11(13,14)15)10-4-2-9(12)3-5-10/h2-5,8H,6-7,16H2,1H3. The normalized spacial score (nSPS) is 13.5. The first-order valence-corrected chi connectivity index (χ1v) is 5.08. The van der Waals surface area contributed by atoms with Gasteiger partial charge >= 0.3 is 6.18 Å². The van der Waals surface area contributed by atoms with Crippen molar-refractivity contribution < 1.29 is 17.6 Å². The molecule has 0 amide bonds. The van der Waals surface area contributed by atoms with E-state index < -0.39 is 24.5 Å². The first-order chi connectivity index (χ1) is 7.84. The Hall–Kier alpha value is -1.30. The number of rotatable bonds is 4. The predicted octanol–water partition coefficient (Wildman–Crippen LogP) is 2.40. The van der Waals surface area contributed by atoms with Gasteiger partial charge in [-0.05, 0) is 24.3 Å². The van der Waals surface area contributed by atoms with Crippen molar-refractivity contribution in [3.05, 3.63) is 30.1 Å². The Labute approximate surface area is 97.0 Å². The molecule has 0 fully saturated rings. The van der Waals surface area contributed by atoms with Gasteiger partial charge in [-0.25, -0.2) is 4.39 Å². The number of halogens is 4. The molecule has 0 aliphatic heterocycles. The maximum absolute atomic E-state index is 12.6. The molecule has 0 heterocycles. The SMILES string of the molecule is CN(CC(CN)C(F)(F)F)c1ccc(F)cc1. The highest BCUT2D eigenvalue weighted by Crippen LogP contribution is 2.27. The van der Waals surface area contributed by atoms with E-state index in [4.69, 9.17) is 5.73 Å². The Kier molecular flexibility index (Phi) is 4.34. The molecule has 0 aromatic heterocycles. The molecule has 6 heteroatoms. The zero-order chi connectivity index (χ0) is 13.1. The van der Waals surface area contributed by atoms with Crippen LogP contribution in [-0.4, -0.2) is 26.3 Å². The topological polar surface area (TPSA) is 29.3 Å². The Morgan fingerprint density at radius 3 is 2.18 bits per heavy atom. The third-order valence-electron chi connectivity index (χ3n) is 2.51. The number of hydrogen-bond donors (Lipinski definition) is 1. The lowest BCUT2D eigenvalue weighted by Crippen LogP contribution is -2.39. The van der Waals surface area contributed by atoms with Crippen molar-refractivity contribution >= 4 is 5.69 Å². The van der Waals surface area contributed by atoms with Crippen LogP contribution in [0.4, 0.5) is 23.2 Å². The summed E-state index contributed by atoms with van der Waals surface area (Å²) in [5.41, 5.74) is 5.63. The summed E-state index contributed by atoms with van der Waals surface area (Å²) in [5, 5.41) is 0. The summed E-state index contributed by atoms with van der Waals surface area (Å²) in [7, 11) is 1.52. The molecule has 0 bridgehead atoms. The summed E-state index contributed by atoms with van der Waals surface area (Å²) in [6.45, 7) is -0.708. The van der Waals surface area contributed by atoms with Crippen molar-refractivity contribution in [3.63, 3.8) is 0 Å². The molecule has 0 saturated carbocycles. The summed E-state index contributed by atoms with van der Waals surface area (Å²) >= 11 is 0. The van der Waals surface area contributed by atoms with Crippen LogP contribution >= 0.6 is 0 Å². The van der Waals surface area contributed by atoms with Crippen molar-refractivity contribution in [2.75, 3.05) is 25.0 Å². The van der Waals surface area contributed by atoms with Gasteiger partial charge in [-0.15, -0.1) is 0 Å². The zero-order valence-electron chi connectivity index (χ0n) is 9.34. The minimum Gasteiger partial charge on any atom is -0.374 e. The van der Waals surface area contributed by atoms with Crippen LogP contribution < -0.4 is 10.6 Å². The minimum atomic E-state index is -4.32.